The van der Waals surface area contributed by atoms with Crippen LogP contribution in [0.5, 0.6) is 5.75 Å². The van der Waals surface area contributed by atoms with Crippen LogP contribution < -0.4 is 10.5 Å². The average molecular weight is 295 g/mol. The second-order valence-corrected chi connectivity index (χ2v) is 5.69. The average Bonchev–Trinajstić information content (AvgIpc) is 2.87. The van der Waals surface area contributed by atoms with Crippen LogP contribution in [0.15, 0.2) is 48.5 Å². The molecule has 0 saturated heterocycles. The lowest BCUT2D eigenvalue weighted by atomic mass is 10.2. The van der Waals surface area contributed by atoms with Crippen molar-refractivity contribution in [3.63, 3.8) is 0 Å². The molecule has 1 aromatic heterocycles. The largest absolute Gasteiger partial charge is 0.492 e. The number of nitrogen functional groups attached to an aromatic ring is 1. The summed E-state index contributed by atoms with van der Waals surface area (Å²) in [6, 6.07) is 15.7. The Kier molecular flexibility index (Phi) is 4.00. The maximum atomic E-state index is 5.82. The van der Waals surface area contributed by atoms with E-state index in [1.165, 1.54) is 0 Å². The number of para-hydroxylation sites is 2. The highest BCUT2D eigenvalue weighted by Crippen LogP contribution is 2.22. The van der Waals surface area contributed by atoms with Crippen molar-refractivity contribution >= 4 is 16.7 Å². The Balaban J connectivity index is 1.79. The number of nitrogens with zero attached hydrogens (tertiary/aromatic N) is 2. The summed E-state index contributed by atoms with van der Waals surface area (Å²) in [5.41, 5.74) is 8.68. The minimum Gasteiger partial charge on any atom is -0.492 e. The Morgan fingerprint density at radius 2 is 1.95 bits per heavy atom. The van der Waals surface area contributed by atoms with E-state index in [2.05, 4.69) is 30.5 Å². The van der Waals surface area contributed by atoms with Crippen molar-refractivity contribution in [1.29, 1.82) is 0 Å². The summed E-state index contributed by atoms with van der Waals surface area (Å²) in [5.74, 6) is 2.27. The number of aromatic nitrogens is 2. The van der Waals surface area contributed by atoms with Crippen molar-refractivity contribution in [2.75, 3.05) is 12.3 Å². The van der Waals surface area contributed by atoms with Gasteiger partial charge in [0, 0.05) is 17.7 Å². The van der Waals surface area contributed by atoms with Crippen molar-refractivity contribution in [1.82, 2.24) is 9.55 Å². The molecule has 3 rings (SSSR count). The van der Waals surface area contributed by atoms with Gasteiger partial charge in [-0.15, -0.1) is 0 Å². The van der Waals surface area contributed by atoms with Gasteiger partial charge in [0.15, 0.2) is 0 Å². The van der Waals surface area contributed by atoms with Crippen LogP contribution in [-0.2, 0) is 6.54 Å². The fourth-order valence-electron chi connectivity index (χ4n) is 2.63. The SMILES string of the molecule is CC(C)c1nc2ccccc2n1CCOc1cccc(N)c1. The molecule has 4 nitrogen and oxygen atoms in total. The number of rotatable bonds is 5. The number of fused-ring (bicyclic) bond motifs is 1. The molecule has 0 fully saturated rings. The molecule has 22 heavy (non-hydrogen) atoms. The Labute approximate surface area is 130 Å². The zero-order valence-corrected chi connectivity index (χ0v) is 13.0. The van der Waals surface area contributed by atoms with Crippen LogP contribution in [-0.4, -0.2) is 16.2 Å². The quantitative estimate of drug-likeness (QED) is 0.728. The van der Waals surface area contributed by atoms with Gasteiger partial charge in [-0.3, -0.25) is 0 Å². The molecule has 0 aliphatic rings. The summed E-state index contributed by atoms with van der Waals surface area (Å²) in [5, 5.41) is 0. The molecule has 0 aliphatic carbocycles. The van der Waals surface area contributed by atoms with E-state index in [0.717, 1.165) is 29.2 Å². The molecule has 2 aromatic carbocycles. The van der Waals surface area contributed by atoms with Gasteiger partial charge >= 0.3 is 0 Å². The molecular weight excluding hydrogens is 274 g/mol. The molecule has 114 valence electrons. The van der Waals surface area contributed by atoms with Gasteiger partial charge in [0.2, 0.25) is 0 Å². The van der Waals surface area contributed by atoms with E-state index in [1.54, 1.807) is 0 Å². The maximum absolute atomic E-state index is 5.82. The van der Waals surface area contributed by atoms with Gasteiger partial charge in [-0.2, -0.15) is 0 Å². The van der Waals surface area contributed by atoms with E-state index in [9.17, 15) is 0 Å². The second kappa shape index (κ2) is 6.10. The van der Waals surface area contributed by atoms with Gasteiger partial charge < -0.3 is 15.0 Å². The molecule has 0 spiro atoms. The van der Waals surface area contributed by atoms with Crippen molar-refractivity contribution in [2.45, 2.75) is 26.3 Å². The highest BCUT2D eigenvalue weighted by atomic mass is 16.5. The molecule has 1 heterocycles. The van der Waals surface area contributed by atoms with E-state index < -0.39 is 0 Å². The highest BCUT2D eigenvalue weighted by molar-refractivity contribution is 5.76. The molecule has 0 aliphatic heterocycles. The summed E-state index contributed by atoms with van der Waals surface area (Å²) >= 11 is 0. The number of nitrogens with two attached hydrogens (primary N) is 1. The Morgan fingerprint density at radius 3 is 2.73 bits per heavy atom. The second-order valence-electron chi connectivity index (χ2n) is 5.69. The summed E-state index contributed by atoms with van der Waals surface area (Å²) in [6.07, 6.45) is 0. The van der Waals surface area contributed by atoms with Crippen LogP contribution in [0, 0.1) is 0 Å². The summed E-state index contributed by atoms with van der Waals surface area (Å²) in [6.45, 7) is 5.68. The van der Waals surface area contributed by atoms with Crippen molar-refractivity contribution in [3.05, 3.63) is 54.4 Å². The third-order valence-corrected chi connectivity index (χ3v) is 3.64. The third-order valence-electron chi connectivity index (χ3n) is 3.64. The lowest BCUT2D eigenvalue weighted by molar-refractivity contribution is 0.297. The summed E-state index contributed by atoms with van der Waals surface area (Å²) < 4.78 is 8.06. The normalized spacial score (nSPS) is 11.2. The van der Waals surface area contributed by atoms with Crippen LogP contribution in [0.2, 0.25) is 0 Å². The number of imidazole rings is 1. The van der Waals surface area contributed by atoms with Crippen molar-refractivity contribution in [2.24, 2.45) is 0 Å². The number of hydrogen-bond acceptors (Lipinski definition) is 3. The van der Waals surface area contributed by atoms with Crippen LogP contribution in [0.3, 0.4) is 0 Å². The van der Waals surface area contributed by atoms with Gasteiger partial charge in [0.05, 0.1) is 17.6 Å². The predicted molar refractivity (Wildman–Crippen MR) is 90.2 cm³/mol. The van der Waals surface area contributed by atoms with E-state index in [-0.39, 0.29) is 0 Å². The number of ether oxygens (including phenoxy) is 1. The van der Waals surface area contributed by atoms with Gasteiger partial charge in [0.1, 0.15) is 18.2 Å². The van der Waals surface area contributed by atoms with E-state index in [0.29, 0.717) is 18.2 Å². The molecule has 2 N–H and O–H groups in total. The molecular formula is C18H21N3O. The number of hydrogen-bond donors (Lipinski definition) is 1. The Morgan fingerprint density at radius 1 is 1.14 bits per heavy atom. The first-order valence-corrected chi connectivity index (χ1v) is 7.58. The van der Waals surface area contributed by atoms with Crippen LogP contribution in [0.25, 0.3) is 11.0 Å². The topological polar surface area (TPSA) is 53.1 Å². The fraction of sp³-hybridized carbons (Fsp3) is 0.278. The Bertz CT molecular complexity index is 777. The van der Waals surface area contributed by atoms with Crippen LogP contribution >= 0.6 is 0 Å². The monoisotopic (exact) mass is 295 g/mol. The lowest BCUT2D eigenvalue weighted by Crippen LogP contribution is -2.12. The molecule has 0 amide bonds. The summed E-state index contributed by atoms with van der Waals surface area (Å²) in [4.78, 5) is 4.74. The van der Waals surface area contributed by atoms with Gasteiger partial charge in [0.25, 0.3) is 0 Å². The van der Waals surface area contributed by atoms with Crippen molar-refractivity contribution in [3.8, 4) is 5.75 Å². The highest BCUT2D eigenvalue weighted by Gasteiger charge is 2.13. The fourth-order valence-corrected chi connectivity index (χ4v) is 2.63. The lowest BCUT2D eigenvalue weighted by Gasteiger charge is -2.12. The van der Waals surface area contributed by atoms with Crippen molar-refractivity contribution < 1.29 is 4.74 Å². The molecule has 0 unspecified atom stereocenters. The van der Waals surface area contributed by atoms with Crippen LogP contribution in [0.4, 0.5) is 5.69 Å². The summed E-state index contributed by atoms with van der Waals surface area (Å²) in [7, 11) is 0. The Hall–Kier alpha value is -2.49. The molecule has 0 radical (unpaired) electrons. The first-order valence-electron chi connectivity index (χ1n) is 7.58. The number of anilines is 1. The van der Waals surface area contributed by atoms with E-state index in [1.807, 2.05) is 36.4 Å². The zero-order valence-electron chi connectivity index (χ0n) is 13.0. The zero-order chi connectivity index (χ0) is 15.5. The maximum Gasteiger partial charge on any atom is 0.121 e. The van der Waals surface area contributed by atoms with E-state index in [4.69, 9.17) is 15.5 Å². The standard InChI is InChI=1S/C18H21N3O/c1-13(2)18-20-16-8-3-4-9-17(16)21(18)10-11-22-15-7-5-6-14(19)12-15/h3-9,12-13H,10-11,19H2,1-2H3. The minimum atomic E-state index is 0.375. The minimum absolute atomic E-state index is 0.375. The van der Waals surface area contributed by atoms with Gasteiger partial charge in [-0.1, -0.05) is 32.0 Å². The van der Waals surface area contributed by atoms with Crippen LogP contribution in [0.1, 0.15) is 25.6 Å². The van der Waals surface area contributed by atoms with Gasteiger partial charge in [-0.05, 0) is 24.3 Å². The molecule has 0 atom stereocenters. The number of benzene rings is 2. The first kappa shape index (κ1) is 14.4. The molecule has 3 aromatic rings. The smallest absolute Gasteiger partial charge is 0.121 e. The third kappa shape index (κ3) is 2.91. The molecule has 0 bridgehead atoms. The molecule has 4 heteroatoms. The van der Waals surface area contributed by atoms with Gasteiger partial charge in [-0.25, -0.2) is 4.98 Å². The van der Waals surface area contributed by atoms with E-state index >= 15 is 0 Å². The molecule has 0 saturated carbocycles. The first-order chi connectivity index (χ1) is 10.6. The predicted octanol–water partition coefficient (Wildman–Crippen LogP) is 3.82.